The van der Waals surface area contributed by atoms with Gasteiger partial charge in [0.15, 0.2) is 0 Å². The zero-order valence-electron chi connectivity index (χ0n) is 6.06. The standard InChI is InChI=1S/C8H12N2/c1-2-7-3-5-9-6-8(7)10-4-1/h2,9H,1,3-6H2. The maximum atomic E-state index is 4.44. The van der Waals surface area contributed by atoms with Gasteiger partial charge < -0.3 is 5.32 Å². The van der Waals surface area contributed by atoms with E-state index in [0.717, 1.165) is 26.1 Å². The molecule has 0 bridgehead atoms. The lowest BCUT2D eigenvalue weighted by atomic mass is 10.00. The van der Waals surface area contributed by atoms with E-state index in [1.165, 1.54) is 17.7 Å². The summed E-state index contributed by atoms with van der Waals surface area (Å²) in [5, 5.41) is 3.31. The lowest BCUT2D eigenvalue weighted by molar-refractivity contribution is 0.718. The fourth-order valence-electron chi connectivity index (χ4n) is 1.50. The van der Waals surface area contributed by atoms with Crippen molar-refractivity contribution in [2.45, 2.75) is 12.8 Å². The Kier molecular flexibility index (Phi) is 1.55. The van der Waals surface area contributed by atoms with Gasteiger partial charge in [-0.15, -0.1) is 0 Å². The molecule has 0 radical (unpaired) electrons. The Morgan fingerprint density at radius 2 is 2.50 bits per heavy atom. The first-order chi connectivity index (χ1) is 4.97. The van der Waals surface area contributed by atoms with E-state index in [1.807, 2.05) is 0 Å². The average Bonchev–Trinajstić information content (AvgIpc) is 2.05. The Morgan fingerprint density at radius 3 is 3.40 bits per heavy atom. The van der Waals surface area contributed by atoms with Crippen molar-refractivity contribution in [2.75, 3.05) is 19.6 Å². The first kappa shape index (κ1) is 6.10. The molecular weight excluding hydrogens is 124 g/mol. The monoisotopic (exact) mass is 136 g/mol. The van der Waals surface area contributed by atoms with Gasteiger partial charge in [0.2, 0.25) is 0 Å². The summed E-state index contributed by atoms with van der Waals surface area (Å²) in [6, 6.07) is 0. The van der Waals surface area contributed by atoms with Crippen LogP contribution in [-0.4, -0.2) is 25.3 Å². The molecule has 0 spiro atoms. The zero-order valence-corrected chi connectivity index (χ0v) is 6.06. The second-order valence-electron chi connectivity index (χ2n) is 2.77. The van der Waals surface area contributed by atoms with Gasteiger partial charge in [0.1, 0.15) is 0 Å². The molecule has 2 aliphatic heterocycles. The Morgan fingerprint density at radius 1 is 1.50 bits per heavy atom. The second-order valence-corrected chi connectivity index (χ2v) is 2.77. The van der Waals surface area contributed by atoms with E-state index in [2.05, 4.69) is 16.4 Å². The molecule has 0 aliphatic carbocycles. The first-order valence-corrected chi connectivity index (χ1v) is 3.90. The summed E-state index contributed by atoms with van der Waals surface area (Å²) in [6.07, 6.45) is 4.67. The number of aliphatic imine (C=N–C) groups is 1. The maximum absolute atomic E-state index is 4.44. The molecule has 0 saturated carbocycles. The zero-order chi connectivity index (χ0) is 6.81. The van der Waals surface area contributed by atoms with E-state index in [9.17, 15) is 0 Å². The molecule has 2 aliphatic rings. The van der Waals surface area contributed by atoms with Crippen molar-refractivity contribution in [1.29, 1.82) is 0 Å². The highest BCUT2D eigenvalue weighted by atomic mass is 14.9. The third-order valence-corrected chi connectivity index (χ3v) is 2.06. The summed E-state index contributed by atoms with van der Waals surface area (Å²) in [4.78, 5) is 4.44. The van der Waals surface area contributed by atoms with Crippen LogP contribution in [0, 0.1) is 0 Å². The van der Waals surface area contributed by atoms with Crippen LogP contribution in [-0.2, 0) is 0 Å². The topological polar surface area (TPSA) is 24.4 Å². The number of nitrogens with one attached hydrogen (secondary N) is 1. The van der Waals surface area contributed by atoms with Crippen LogP contribution in [0.25, 0.3) is 0 Å². The molecule has 0 atom stereocenters. The van der Waals surface area contributed by atoms with Crippen LogP contribution in [0.3, 0.4) is 0 Å². The fourth-order valence-corrected chi connectivity index (χ4v) is 1.50. The molecule has 2 heterocycles. The Balaban J connectivity index is 2.19. The maximum Gasteiger partial charge on any atom is 0.0515 e. The summed E-state index contributed by atoms with van der Waals surface area (Å²) in [7, 11) is 0. The lowest BCUT2D eigenvalue weighted by Gasteiger charge is -2.20. The van der Waals surface area contributed by atoms with Gasteiger partial charge in [0, 0.05) is 13.1 Å². The van der Waals surface area contributed by atoms with Crippen LogP contribution >= 0.6 is 0 Å². The Hall–Kier alpha value is -0.630. The van der Waals surface area contributed by atoms with Crippen LogP contribution in [0.5, 0.6) is 0 Å². The van der Waals surface area contributed by atoms with Crippen LogP contribution in [0.1, 0.15) is 12.8 Å². The molecule has 1 N–H and O–H groups in total. The smallest absolute Gasteiger partial charge is 0.0515 e. The number of dihydropyridines is 1. The molecule has 54 valence electrons. The lowest BCUT2D eigenvalue weighted by Crippen LogP contribution is -2.33. The van der Waals surface area contributed by atoms with Gasteiger partial charge in [-0.2, -0.15) is 0 Å². The van der Waals surface area contributed by atoms with Crippen molar-refractivity contribution < 1.29 is 0 Å². The first-order valence-electron chi connectivity index (χ1n) is 3.90. The molecular formula is C8H12N2. The van der Waals surface area contributed by atoms with Crippen molar-refractivity contribution in [3.05, 3.63) is 11.6 Å². The molecule has 1 saturated heterocycles. The average molecular weight is 136 g/mol. The minimum atomic E-state index is 0.992. The van der Waals surface area contributed by atoms with Gasteiger partial charge in [0.05, 0.1) is 5.71 Å². The number of hydrogen-bond donors (Lipinski definition) is 1. The summed E-state index contributed by atoms with van der Waals surface area (Å²) >= 11 is 0. The van der Waals surface area contributed by atoms with Crippen molar-refractivity contribution >= 4 is 5.71 Å². The summed E-state index contributed by atoms with van der Waals surface area (Å²) in [5.74, 6) is 0. The molecule has 0 aromatic carbocycles. The normalized spacial score (nSPS) is 24.8. The molecule has 0 amide bonds. The third-order valence-electron chi connectivity index (χ3n) is 2.06. The van der Waals surface area contributed by atoms with E-state index < -0.39 is 0 Å². The van der Waals surface area contributed by atoms with E-state index in [1.54, 1.807) is 0 Å². The molecule has 2 nitrogen and oxygen atoms in total. The Bertz CT molecular complexity index is 169. The molecule has 1 fully saturated rings. The van der Waals surface area contributed by atoms with Gasteiger partial charge in [-0.25, -0.2) is 0 Å². The van der Waals surface area contributed by atoms with E-state index in [0.29, 0.717) is 0 Å². The fraction of sp³-hybridized carbons (Fsp3) is 0.625. The van der Waals surface area contributed by atoms with Crippen LogP contribution < -0.4 is 5.32 Å². The number of piperidine rings is 1. The van der Waals surface area contributed by atoms with E-state index in [4.69, 9.17) is 0 Å². The molecule has 10 heavy (non-hydrogen) atoms. The van der Waals surface area contributed by atoms with Gasteiger partial charge >= 0.3 is 0 Å². The highest BCUT2D eigenvalue weighted by Crippen LogP contribution is 2.13. The largest absolute Gasteiger partial charge is 0.311 e. The Labute approximate surface area is 61.0 Å². The van der Waals surface area contributed by atoms with Crippen molar-refractivity contribution in [1.82, 2.24) is 5.32 Å². The second kappa shape index (κ2) is 2.54. The summed E-state index contributed by atoms with van der Waals surface area (Å²) in [6.45, 7) is 3.12. The molecule has 2 heteroatoms. The quantitative estimate of drug-likeness (QED) is 0.522. The van der Waals surface area contributed by atoms with Crippen LogP contribution in [0.4, 0.5) is 0 Å². The predicted octanol–water partition coefficient (Wildman–Crippen LogP) is 0.751. The van der Waals surface area contributed by atoms with Crippen molar-refractivity contribution in [3.63, 3.8) is 0 Å². The minimum absolute atomic E-state index is 0.992. The molecule has 0 aromatic heterocycles. The van der Waals surface area contributed by atoms with Crippen molar-refractivity contribution in [3.8, 4) is 0 Å². The van der Waals surface area contributed by atoms with Crippen LogP contribution in [0.15, 0.2) is 16.6 Å². The van der Waals surface area contributed by atoms with Gasteiger partial charge in [0.25, 0.3) is 0 Å². The third kappa shape index (κ3) is 0.991. The molecule has 0 unspecified atom stereocenters. The molecule has 0 aromatic rings. The summed E-state index contributed by atoms with van der Waals surface area (Å²) in [5.41, 5.74) is 2.79. The predicted molar refractivity (Wildman–Crippen MR) is 42.5 cm³/mol. The van der Waals surface area contributed by atoms with E-state index in [-0.39, 0.29) is 0 Å². The SMILES string of the molecule is C1=C2CCNCC2=NCC1. The van der Waals surface area contributed by atoms with Crippen molar-refractivity contribution in [2.24, 2.45) is 4.99 Å². The number of rotatable bonds is 0. The van der Waals surface area contributed by atoms with Gasteiger partial charge in [-0.3, -0.25) is 4.99 Å². The summed E-state index contributed by atoms with van der Waals surface area (Å²) < 4.78 is 0. The van der Waals surface area contributed by atoms with Gasteiger partial charge in [-0.05, 0) is 25.0 Å². The number of nitrogens with zero attached hydrogens (tertiary/aromatic N) is 1. The number of hydrogen-bond acceptors (Lipinski definition) is 2. The highest BCUT2D eigenvalue weighted by Gasteiger charge is 2.13. The van der Waals surface area contributed by atoms with Crippen LogP contribution in [0.2, 0.25) is 0 Å². The highest BCUT2D eigenvalue weighted by molar-refractivity contribution is 6.02. The molecule has 2 rings (SSSR count). The van der Waals surface area contributed by atoms with Gasteiger partial charge in [-0.1, -0.05) is 6.08 Å². The number of fused-ring (bicyclic) bond motifs is 1. The van der Waals surface area contributed by atoms with E-state index >= 15 is 0 Å². The minimum Gasteiger partial charge on any atom is -0.311 e.